The van der Waals surface area contributed by atoms with E-state index >= 15 is 0 Å². The van der Waals surface area contributed by atoms with E-state index < -0.39 is 6.16 Å². The van der Waals surface area contributed by atoms with Gasteiger partial charge in [0.15, 0.2) is 0 Å². The van der Waals surface area contributed by atoms with Gasteiger partial charge in [-0.1, -0.05) is 6.07 Å². The molecule has 1 aliphatic carbocycles. The number of rotatable bonds is 5. The first-order valence-electron chi connectivity index (χ1n) is 12.5. The molecule has 9 nitrogen and oxygen atoms in total. The Labute approximate surface area is 210 Å². The number of carboxylic acid groups (broad SMARTS) is 1. The van der Waals surface area contributed by atoms with E-state index in [-0.39, 0.29) is 30.0 Å². The number of carbonyl (C=O) groups is 2. The van der Waals surface area contributed by atoms with Gasteiger partial charge in [0, 0.05) is 55.4 Å². The topological polar surface area (TPSA) is 95.4 Å². The summed E-state index contributed by atoms with van der Waals surface area (Å²) in [6.45, 7) is 5.61. The number of benzene rings is 1. The number of fused-ring (bicyclic) bond motifs is 1. The van der Waals surface area contributed by atoms with Crippen molar-refractivity contribution in [1.29, 1.82) is 0 Å². The molecule has 0 saturated carbocycles. The Hall–Kier alpha value is -3.59. The van der Waals surface area contributed by atoms with E-state index in [0.29, 0.717) is 5.56 Å². The predicted molar refractivity (Wildman–Crippen MR) is 133 cm³/mol. The average Bonchev–Trinajstić information content (AvgIpc) is 3.44. The number of aromatic nitrogens is 1. The molecule has 3 heterocycles. The van der Waals surface area contributed by atoms with Crippen molar-refractivity contribution < 1.29 is 24.3 Å². The van der Waals surface area contributed by atoms with Crippen molar-refractivity contribution in [2.45, 2.75) is 57.7 Å². The number of hydroxylamine groups is 2. The van der Waals surface area contributed by atoms with Crippen molar-refractivity contribution in [2.24, 2.45) is 0 Å². The molecule has 0 bridgehead atoms. The Bertz CT molecular complexity index is 1190. The molecule has 0 spiro atoms. The zero-order valence-corrected chi connectivity index (χ0v) is 20.9. The molecule has 36 heavy (non-hydrogen) atoms. The summed E-state index contributed by atoms with van der Waals surface area (Å²) in [6, 6.07) is 9.94. The minimum atomic E-state index is -1.38. The van der Waals surface area contributed by atoms with Crippen LogP contribution in [0.25, 0.3) is 0 Å². The molecule has 3 aliphatic rings. The number of nitrogens with zero attached hydrogens (tertiary/aromatic N) is 4. The van der Waals surface area contributed by atoms with Crippen molar-refractivity contribution in [1.82, 2.24) is 14.9 Å². The minimum absolute atomic E-state index is 0.00471. The third-order valence-corrected chi connectivity index (χ3v) is 7.37. The molecule has 1 N–H and O–H groups in total. The summed E-state index contributed by atoms with van der Waals surface area (Å²) in [6.07, 6.45) is 5.20. The number of hydrogen-bond donors (Lipinski definition) is 1. The Morgan fingerprint density at radius 1 is 1.17 bits per heavy atom. The van der Waals surface area contributed by atoms with Crippen LogP contribution >= 0.6 is 0 Å². The number of piperidine rings is 1. The zero-order chi connectivity index (χ0) is 25.4. The third kappa shape index (κ3) is 4.75. The van der Waals surface area contributed by atoms with Gasteiger partial charge in [0.25, 0.3) is 5.91 Å². The lowest BCUT2D eigenvalue weighted by Gasteiger charge is -2.38. The van der Waals surface area contributed by atoms with Crippen LogP contribution in [-0.4, -0.2) is 64.4 Å². The summed E-state index contributed by atoms with van der Waals surface area (Å²) >= 11 is 0. The summed E-state index contributed by atoms with van der Waals surface area (Å²) in [7, 11) is 1.89. The fraction of sp³-hybridized carbons (Fsp3) is 0.444. The second-order valence-electron chi connectivity index (χ2n) is 9.77. The van der Waals surface area contributed by atoms with Gasteiger partial charge in [0.05, 0.1) is 6.04 Å². The number of anilines is 1. The number of carbonyl (C=O) groups excluding carboxylic acids is 1. The molecule has 1 amide bonds. The first-order valence-corrected chi connectivity index (χ1v) is 12.5. The molecular formula is C27H32N4O5. The van der Waals surface area contributed by atoms with Crippen LogP contribution in [0.15, 0.2) is 48.5 Å². The monoisotopic (exact) mass is 492 g/mol. The van der Waals surface area contributed by atoms with Crippen LogP contribution in [0.1, 0.15) is 59.4 Å². The number of pyridine rings is 1. The standard InChI is InChI=1S/C27H32N4O5/c1-17-14-22(8-11-28-17)30-12-9-21(10-13-30)29(3)26(32)20-5-4-19-6-7-24(23(19)16-20)31-25(35-27(33)34)15-18(2)36-31/h4-5,8,11,14-16,18,21,24H,6-7,9-10,12-13H2,1-3H3,(H,33,34)/t18?,24-/m1/s1. The number of ether oxygens (including phenoxy) is 1. The van der Waals surface area contributed by atoms with Gasteiger partial charge < -0.3 is 19.6 Å². The molecule has 0 radical (unpaired) electrons. The van der Waals surface area contributed by atoms with Gasteiger partial charge >= 0.3 is 6.16 Å². The van der Waals surface area contributed by atoms with E-state index in [0.717, 1.165) is 55.6 Å². The molecule has 190 valence electrons. The first-order chi connectivity index (χ1) is 17.3. The van der Waals surface area contributed by atoms with Crippen molar-refractivity contribution in [2.75, 3.05) is 25.0 Å². The normalized spacial score (nSPS) is 21.8. The number of hydrogen-bond acceptors (Lipinski definition) is 7. The lowest BCUT2D eigenvalue weighted by Crippen LogP contribution is -2.45. The summed E-state index contributed by atoms with van der Waals surface area (Å²) in [4.78, 5) is 39.0. The van der Waals surface area contributed by atoms with E-state index in [4.69, 9.17) is 14.7 Å². The van der Waals surface area contributed by atoms with Gasteiger partial charge in [-0.25, -0.2) is 9.86 Å². The van der Waals surface area contributed by atoms with E-state index in [9.17, 15) is 9.59 Å². The lowest BCUT2D eigenvalue weighted by molar-refractivity contribution is -0.181. The minimum Gasteiger partial charge on any atom is -0.449 e. The largest absolute Gasteiger partial charge is 0.512 e. The van der Waals surface area contributed by atoms with Crippen molar-refractivity contribution >= 4 is 17.7 Å². The van der Waals surface area contributed by atoms with Crippen LogP contribution in [0.5, 0.6) is 0 Å². The summed E-state index contributed by atoms with van der Waals surface area (Å²) in [5.74, 6) is 0.174. The van der Waals surface area contributed by atoms with Gasteiger partial charge in [0.1, 0.15) is 6.10 Å². The Kier molecular flexibility index (Phi) is 6.57. The quantitative estimate of drug-likeness (QED) is 0.618. The van der Waals surface area contributed by atoms with Gasteiger partial charge in [-0.3, -0.25) is 14.6 Å². The highest BCUT2D eigenvalue weighted by Crippen LogP contribution is 2.41. The molecule has 9 heteroatoms. The van der Waals surface area contributed by atoms with Gasteiger partial charge in [-0.05, 0) is 74.9 Å². The van der Waals surface area contributed by atoms with Crippen LogP contribution in [0.3, 0.4) is 0 Å². The van der Waals surface area contributed by atoms with Gasteiger partial charge in [0.2, 0.25) is 5.88 Å². The molecule has 2 aromatic rings. The molecule has 1 unspecified atom stereocenters. The average molecular weight is 493 g/mol. The molecule has 1 aromatic heterocycles. The summed E-state index contributed by atoms with van der Waals surface area (Å²) in [5.41, 5.74) is 4.93. The van der Waals surface area contributed by atoms with Gasteiger partial charge in [-0.15, -0.1) is 0 Å². The van der Waals surface area contributed by atoms with Crippen molar-refractivity contribution in [3.8, 4) is 0 Å². The molecule has 1 saturated heterocycles. The SMILES string of the molecule is Cc1cc(N2CCC(N(C)C(=O)c3ccc4c(c3)[C@H](N3OC(C)C=C3OC(=O)O)CC4)CC2)ccn1. The highest BCUT2D eigenvalue weighted by molar-refractivity contribution is 5.94. The van der Waals surface area contributed by atoms with E-state index in [2.05, 4.69) is 16.0 Å². The molecule has 1 fully saturated rings. The second kappa shape index (κ2) is 9.81. The third-order valence-electron chi connectivity index (χ3n) is 7.37. The smallest absolute Gasteiger partial charge is 0.449 e. The van der Waals surface area contributed by atoms with Crippen LogP contribution in [0, 0.1) is 6.92 Å². The summed E-state index contributed by atoms with van der Waals surface area (Å²) in [5, 5.41) is 10.7. The fourth-order valence-electron chi connectivity index (χ4n) is 5.50. The molecule has 2 aliphatic heterocycles. The van der Waals surface area contributed by atoms with E-state index in [1.54, 1.807) is 11.1 Å². The van der Waals surface area contributed by atoms with E-state index in [1.165, 1.54) is 5.69 Å². The Morgan fingerprint density at radius 3 is 2.67 bits per heavy atom. The van der Waals surface area contributed by atoms with Crippen LogP contribution in [-0.2, 0) is 16.0 Å². The number of amides is 1. The molecule has 5 rings (SSSR count). The van der Waals surface area contributed by atoms with Gasteiger partial charge in [-0.2, -0.15) is 0 Å². The molecule has 1 aromatic carbocycles. The molecular weight excluding hydrogens is 460 g/mol. The second-order valence-corrected chi connectivity index (χ2v) is 9.77. The highest BCUT2D eigenvalue weighted by atomic mass is 16.8. The first kappa shape index (κ1) is 24.1. The van der Waals surface area contributed by atoms with Crippen LogP contribution in [0.2, 0.25) is 0 Å². The number of aryl methyl sites for hydroxylation is 2. The van der Waals surface area contributed by atoms with E-state index in [1.807, 2.05) is 56.3 Å². The fourth-order valence-corrected chi connectivity index (χ4v) is 5.50. The lowest BCUT2D eigenvalue weighted by atomic mass is 10.00. The van der Waals surface area contributed by atoms with Crippen molar-refractivity contribution in [3.63, 3.8) is 0 Å². The maximum atomic E-state index is 13.5. The predicted octanol–water partition coefficient (Wildman–Crippen LogP) is 4.29. The van der Waals surface area contributed by atoms with Crippen LogP contribution < -0.4 is 4.90 Å². The zero-order valence-electron chi connectivity index (χ0n) is 20.9. The van der Waals surface area contributed by atoms with Crippen LogP contribution in [0.4, 0.5) is 10.5 Å². The highest BCUT2D eigenvalue weighted by Gasteiger charge is 2.37. The summed E-state index contributed by atoms with van der Waals surface area (Å²) < 4.78 is 4.96. The Morgan fingerprint density at radius 2 is 1.94 bits per heavy atom. The maximum absolute atomic E-state index is 13.5. The maximum Gasteiger partial charge on any atom is 0.512 e. The molecule has 2 atom stereocenters. The van der Waals surface area contributed by atoms with Crippen molar-refractivity contribution in [3.05, 3.63) is 70.9 Å². The Balaban J connectivity index is 1.27.